The number of carbonyl (C=O) groups excluding carboxylic acids is 1. The Morgan fingerprint density at radius 1 is 1.43 bits per heavy atom. The van der Waals surface area contributed by atoms with E-state index < -0.39 is 18.2 Å². The molecular formula is C13H14BrF2N3O2. The summed E-state index contributed by atoms with van der Waals surface area (Å²) in [5, 5.41) is 2.25. The molecule has 0 fully saturated rings. The number of aromatic nitrogens is 2. The van der Waals surface area contributed by atoms with E-state index in [2.05, 4.69) is 26.2 Å². The van der Waals surface area contributed by atoms with Crippen molar-refractivity contribution in [2.24, 2.45) is 0 Å². The molecule has 0 spiro atoms. The minimum Gasteiger partial charge on any atom is -0.444 e. The summed E-state index contributed by atoms with van der Waals surface area (Å²) in [5.74, 6) is -0.263. The summed E-state index contributed by atoms with van der Waals surface area (Å²) >= 11 is 3.24. The molecule has 1 aromatic carbocycles. The van der Waals surface area contributed by atoms with E-state index >= 15 is 0 Å². The number of nitrogens with zero attached hydrogens (tertiary/aromatic N) is 2. The quantitative estimate of drug-likeness (QED) is 0.853. The number of anilines is 1. The molecule has 5 nitrogen and oxygen atoms in total. The van der Waals surface area contributed by atoms with Crippen LogP contribution in [0, 0.1) is 0 Å². The van der Waals surface area contributed by atoms with Crippen LogP contribution in [-0.2, 0) is 4.74 Å². The van der Waals surface area contributed by atoms with Crippen molar-refractivity contribution in [1.29, 1.82) is 0 Å². The first-order valence-corrected chi connectivity index (χ1v) is 6.93. The van der Waals surface area contributed by atoms with Crippen LogP contribution in [0.2, 0.25) is 0 Å². The van der Waals surface area contributed by atoms with Gasteiger partial charge in [-0.2, -0.15) is 8.78 Å². The molecule has 1 N–H and O–H groups in total. The Bertz CT molecular complexity index is 680. The predicted octanol–water partition coefficient (Wildman–Crippen LogP) is 4.54. The topological polar surface area (TPSA) is 56.1 Å². The van der Waals surface area contributed by atoms with Gasteiger partial charge in [-0.1, -0.05) is 6.07 Å². The maximum atomic E-state index is 13.2. The zero-order chi connectivity index (χ0) is 15.8. The molecule has 1 amide bonds. The van der Waals surface area contributed by atoms with Crippen molar-refractivity contribution < 1.29 is 18.3 Å². The van der Waals surface area contributed by atoms with Gasteiger partial charge in [0.2, 0.25) is 5.95 Å². The summed E-state index contributed by atoms with van der Waals surface area (Å²) in [4.78, 5) is 15.7. The van der Waals surface area contributed by atoms with Crippen molar-refractivity contribution >= 4 is 39.0 Å². The second kappa shape index (κ2) is 5.59. The number of nitrogens with one attached hydrogen (secondary N) is 1. The van der Waals surface area contributed by atoms with E-state index in [0.717, 1.165) is 0 Å². The number of rotatable bonds is 2. The van der Waals surface area contributed by atoms with Gasteiger partial charge in [0.15, 0.2) is 0 Å². The third-order valence-corrected chi connectivity index (χ3v) is 3.12. The number of carbonyl (C=O) groups is 1. The Morgan fingerprint density at radius 3 is 2.67 bits per heavy atom. The Morgan fingerprint density at radius 2 is 2.10 bits per heavy atom. The third-order valence-electron chi connectivity index (χ3n) is 2.48. The summed E-state index contributed by atoms with van der Waals surface area (Å²) in [6.45, 7) is 2.20. The minimum atomic E-state index is -2.84. The first kappa shape index (κ1) is 15.7. The molecule has 0 aliphatic rings. The van der Waals surface area contributed by atoms with E-state index in [1.165, 1.54) is 6.07 Å². The molecule has 0 bridgehead atoms. The zero-order valence-electron chi connectivity index (χ0n) is 11.7. The van der Waals surface area contributed by atoms with Crippen molar-refractivity contribution in [2.75, 3.05) is 5.32 Å². The van der Waals surface area contributed by atoms with Crippen molar-refractivity contribution in [3.8, 4) is 0 Å². The smallest absolute Gasteiger partial charge is 0.414 e. The van der Waals surface area contributed by atoms with E-state index in [1.807, 2.05) is 0 Å². The number of alkyl halides is 2. The molecule has 0 unspecified atom stereocenters. The first-order valence-electron chi connectivity index (χ1n) is 6.13. The van der Waals surface area contributed by atoms with E-state index in [4.69, 9.17) is 4.74 Å². The monoisotopic (exact) mass is 361 g/mol. The van der Waals surface area contributed by atoms with Crippen LogP contribution in [0.5, 0.6) is 0 Å². The highest BCUT2D eigenvalue weighted by Crippen LogP contribution is 2.30. The Kier molecular flexibility index (Phi) is 4.18. The summed E-state index contributed by atoms with van der Waals surface area (Å²) < 4.78 is 32.7. The molecule has 2 rings (SSSR count). The number of para-hydroxylation sites is 1. The number of imidazole rings is 1. The van der Waals surface area contributed by atoms with Gasteiger partial charge >= 0.3 is 12.6 Å². The minimum absolute atomic E-state index is 0.213. The molecule has 114 valence electrons. The molecule has 0 aliphatic carbocycles. The molecule has 1 aromatic heterocycles. The lowest BCUT2D eigenvalue weighted by Crippen LogP contribution is -2.28. The molecule has 0 radical (unpaired) electrons. The van der Waals surface area contributed by atoms with Gasteiger partial charge in [0.25, 0.3) is 0 Å². The van der Waals surface area contributed by atoms with Gasteiger partial charge in [0.05, 0.1) is 5.52 Å². The zero-order valence-corrected chi connectivity index (χ0v) is 13.2. The van der Waals surface area contributed by atoms with Gasteiger partial charge < -0.3 is 4.74 Å². The van der Waals surface area contributed by atoms with Crippen molar-refractivity contribution in [1.82, 2.24) is 9.55 Å². The molecule has 0 atom stereocenters. The number of amides is 1. The second-order valence-electron chi connectivity index (χ2n) is 5.32. The van der Waals surface area contributed by atoms with Crippen molar-refractivity contribution in [3.63, 3.8) is 0 Å². The van der Waals surface area contributed by atoms with Crippen LogP contribution < -0.4 is 5.32 Å². The average molecular weight is 362 g/mol. The van der Waals surface area contributed by atoms with Crippen LogP contribution in [0.1, 0.15) is 27.3 Å². The van der Waals surface area contributed by atoms with Crippen LogP contribution in [0.3, 0.4) is 0 Å². The van der Waals surface area contributed by atoms with Crippen LogP contribution in [0.15, 0.2) is 22.7 Å². The second-order valence-corrected chi connectivity index (χ2v) is 6.17. The van der Waals surface area contributed by atoms with Gasteiger partial charge in [-0.25, -0.2) is 9.78 Å². The van der Waals surface area contributed by atoms with Gasteiger partial charge in [-0.05, 0) is 48.8 Å². The fourth-order valence-electron chi connectivity index (χ4n) is 1.76. The summed E-state index contributed by atoms with van der Waals surface area (Å²) in [7, 11) is 0. The highest BCUT2D eigenvalue weighted by atomic mass is 79.9. The molecule has 0 aliphatic heterocycles. The van der Waals surface area contributed by atoms with E-state index in [0.29, 0.717) is 14.6 Å². The fraction of sp³-hybridized carbons (Fsp3) is 0.385. The van der Waals surface area contributed by atoms with Gasteiger partial charge in [0, 0.05) is 4.47 Å². The molecule has 21 heavy (non-hydrogen) atoms. The maximum absolute atomic E-state index is 13.2. The lowest BCUT2D eigenvalue weighted by molar-refractivity contribution is 0.0620. The number of hydrogen-bond acceptors (Lipinski definition) is 3. The Labute approximate surface area is 128 Å². The molecule has 0 saturated carbocycles. The number of halogens is 3. The molecule has 8 heteroatoms. The third kappa shape index (κ3) is 3.49. The number of hydrogen-bond donors (Lipinski definition) is 1. The van der Waals surface area contributed by atoms with Crippen LogP contribution in [0.4, 0.5) is 19.5 Å². The highest BCUT2D eigenvalue weighted by Gasteiger charge is 2.23. The van der Waals surface area contributed by atoms with Crippen LogP contribution >= 0.6 is 15.9 Å². The number of ether oxygens (including phenoxy) is 1. The Balaban J connectivity index is 2.42. The van der Waals surface area contributed by atoms with Gasteiger partial charge in [-0.3, -0.25) is 9.88 Å². The van der Waals surface area contributed by atoms with Crippen LogP contribution in [-0.4, -0.2) is 21.2 Å². The lowest BCUT2D eigenvalue weighted by Gasteiger charge is -2.19. The van der Waals surface area contributed by atoms with Crippen molar-refractivity contribution in [2.45, 2.75) is 32.9 Å². The van der Waals surface area contributed by atoms with E-state index in [1.54, 1.807) is 32.9 Å². The highest BCUT2D eigenvalue weighted by molar-refractivity contribution is 9.10. The van der Waals surface area contributed by atoms with Gasteiger partial charge in [-0.15, -0.1) is 0 Å². The maximum Gasteiger partial charge on any atom is 0.414 e. The molecule has 0 saturated heterocycles. The first-order chi connectivity index (χ1) is 9.69. The number of benzene rings is 1. The van der Waals surface area contributed by atoms with E-state index in [-0.39, 0.29) is 11.5 Å². The number of fused-ring (bicyclic) bond motifs is 1. The molecule has 1 heterocycles. The standard InChI is InChI=1S/C13H14BrF2N3O2/c1-13(2,3)21-12(20)18-11-17-9-7(14)5-4-6-8(9)19(11)10(15)16/h4-6,10H,1-3H3,(H,17,18,20). The molecule has 2 aromatic rings. The Hall–Kier alpha value is -1.70. The normalized spacial score (nSPS) is 12.0. The summed E-state index contributed by atoms with van der Waals surface area (Å²) in [6, 6.07) is 4.80. The van der Waals surface area contributed by atoms with Crippen molar-refractivity contribution in [3.05, 3.63) is 22.7 Å². The summed E-state index contributed by atoms with van der Waals surface area (Å²) in [6.07, 6.45) is -0.837. The van der Waals surface area contributed by atoms with Crippen LogP contribution in [0.25, 0.3) is 11.0 Å². The SMILES string of the molecule is CC(C)(C)OC(=O)Nc1nc2c(Br)cccc2n1C(F)F. The summed E-state index contributed by atoms with van der Waals surface area (Å²) in [5.41, 5.74) is -0.180. The lowest BCUT2D eigenvalue weighted by atomic mass is 10.2. The van der Waals surface area contributed by atoms with Gasteiger partial charge in [0.1, 0.15) is 11.1 Å². The average Bonchev–Trinajstić information content (AvgIpc) is 2.65. The molecular weight excluding hydrogens is 348 g/mol. The fourth-order valence-corrected chi connectivity index (χ4v) is 2.21. The predicted molar refractivity (Wildman–Crippen MR) is 78.5 cm³/mol. The van der Waals surface area contributed by atoms with E-state index in [9.17, 15) is 13.6 Å². The largest absolute Gasteiger partial charge is 0.444 e.